The summed E-state index contributed by atoms with van der Waals surface area (Å²) in [6, 6.07) is 14.2. The lowest BCUT2D eigenvalue weighted by molar-refractivity contribution is 0.300. The lowest BCUT2D eigenvalue weighted by Gasteiger charge is -2.28. The molecule has 0 bridgehead atoms. The van der Waals surface area contributed by atoms with Gasteiger partial charge >= 0.3 is 0 Å². The minimum atomic E-state index is 0.550. The molecule has 4 heteroatoms. The predicted octanol–water partition coefficient (Wildman–Crippen LogP) is 6.78. The molecule has 130 valence electrons. The molecule has 0 spiro atoms. The number of H-pyrrole nitrogens is 1. The lowest BCUT2D eigenvalue weighted by Crippen LogP contribution is -2.16. The zero-order valence-corrected chi connectivity index (χ0v) is 15.7. The highest BCUT2D eigenvalue weighted by molar-refractivity contribution is 6.34. The Morgan fingerprint density at radius 3 is 2.64 bits per heavy atom. The fraction of sp³-hybridized carbons (Fsp3) is 0.381. The van der Waals surface area contributed by atoms with Gasteiger partial charge in [0.2, 0.25) is 0 Å². The number of halogens is 2. The van der Waals surface area contributed by atoms with Crippen LogP contribution in [-0.2, 0) is 6.42 Å². The first kappa shape index (κ1) is 16.9. The number of aryl methyl sites for hydroxylation is 1. The Labute approximate surface area is 158 Å². The maximum absolute atomic E-state index is 6.12. The van der Waals surface area contributed by atoms with Gasteiger partial charge in [0.25, 0.3) is 0 Å². The van der Waals surface area contributed by atoms with E-state index in [1.165, 1.54) is 37.7 Å². The average Bonchev–Trinajstić information content (AvgIpc) is 3.04. The topological polar surface area (TPSA) is 28.7 Å². The first-order valence-corrected chi connectivity index (χ1v) is 9.82. The van der Waals surface area contributed by atoms with Gasteiger partial charge < -0.3 is 4.98 Å². The molecule has 0 radical (unpaired) electrons. The van der Waals surface area contributed by atoms with Crippen LogP contribution in [0, 0.1) is 5.92 Å². The molecule has 1 aliphatic carbocycles. The van der Waals surface area contributed by atoms with E-state index < -0.39 is 0 Å². The zero-order chi connectivity index (χ0) is 17.2. The minimum absolute atomic E-state index is 0.550. The number of benzene rings is 2. The predicted molar refractivity (Wildman–Crippen MR) is 106 cm³/mol. The number of imidazole rings is 1. The lowest BCUT2D eigenvalue weighted by atomic mass is 9.78. The molecule has 2 nitrogen and oxygen atoms in total. The summed E-state index contributed by atoms with van der Waals surface area (Å²) in [7, 11) is 0. The van der Waals surface area contributed by atoms with Gasteiger partial charge in [0, 0.05) is 16.0 Å². The van der Waals surface area contributed by atoms with Gasteiger partial charge in [-0.3, -0.25) is 0 Å². The second kappa shape index (κ2) is 7.39. The maximum Gasteiger partial charge on any atom is 0.110 e. The second-order valence-electron chi connectivity index (χ2n) is 7.19. The van der Waals surface area contributed by atoms with Gasteiger partial charge in [0.05, 0.1) is 11.0 Å². The number of hydrogen-bond acceptors (Lipinski definition) is 1. The van der Waals surface area contributed by atoms with Crippen LogP contribution in [0.15, 0.2) is 42.5 Å². The van der Waals surface area contributed by atoms with Crippen molar-refractivity contribution in [1.82, 2.24) is 9.97 Å². The van der Waals surface area contributed by atoms with Crippen molar-refractivity contribution in [3.8, 4) is 0 Å². The van der Waals surface area contributed by atoms with E-state index in [0.717, 1.165) is 39.2 Å². The molecule has 2 aromatic carbocycles. The van der Waals surface area contributed by atoms with E-state index in [1.807, 2.05) is 18.2 Å². The summed E-state index contributed by atoms with van der Waals surface area (Å²) in [4.78, 5) is 8.35. The summed E-state index contributed by atoms with van der Waals surface area (Å²) in [5, 5.41) is 1.46. The number of aromatic amines is 1. The van der Waals surface area contributed by atoms with Crippen LogP contribution in [0.5, 0.6) is 0 Å². The molecule has 1 aromatic heterocycles. The third-order valence-electron chi connectivity index (χ3n) is 5.34. The van der Waals surface area contributed by atoms with Crippen molar-refractivity contribution in [3.63, 3.8) is 0 Å². The minimum Gasteiger partial charge on any atom is -0.342 e. The van der Waals surface area contributed by atoms with Crippen molar-refractivity contribution >= 4 is 34.2 Å². The van der Waals surface area contributed by atoms with Gasteiger partial charge in [-0.25, -0.2) is 4.98 Å². The van der Waals surface area contributed by atoms with Crippen LogP contribution >= 0.6 is 23.2 Å². The van der Waals surface area contributed by atoms with Crippen LogP contribution in [0.2, 0.25) is 10.0 Å². The molecule has 2 unspecified atom stereocenters. The first-order chi connectivity index (χ1) is 12.2. The van der Waals surface area contributed by atoms with Crippen molar-refractivity contribution in [1.29, 1.82) is 0 Å². The third-order valence-corrected chi connectivity index (χ3v) is 5.78. The summed E-state index contributed by atoms with van der Waals surface area (Å²) >= 11 is 12.2. The molecule has 0 amide bonds. The number of nitrogens with zero attached hydrogens (tertiary/aromatic N) is 1. The van der Waals surface area contributed by atoms with E-state index in [2.05, 4.69) is 23.2 Å². The summed E-state index contributed by atoms with van der Waals surface area (Å²) in [6.45, 7) is 0. The van der Waals surface area contributed by atoms with Gasteiger partial charge in [0.1, 0.15) is 5.82 Å². The van der Waals surface area contributed by atoms with Gasteiger partial charge in [-0.05, 0) is 67.5 Å². The third kappa shape index (κ3) is 4.02. The number of hydrogen-bond donors (Lipinski definition) is 1. The van der Waals surface area contributed by atoms with E-state index in [1.54, 1.807) is 6.07 Å². The standard InChI is InChI=1S/C21H22Cl2N2/c22-17-11-15(12-18(23)13-17)9-8-14-4-3-5-16(10-14)21-24-19-6-1-2-7-20(19)25-21/h1-2,6-7,11-14,16H,3-5,8-10H2,(H,24,25). The van der Waals surface area contributed by atoms with Crippen LogP contribution in [0.1, 0.15) is 49.4 Å². The molecule has 0 saturated heterocycles. The molecule has 1 N–H and O–H groups in total. The van der Waals surface area contributed by atoms with Crippen LogP contribution in [0.4, 0.5) is 0 Å². The van der Waals surface area contributed by atoms with Crippen LogP contribution in [0.3, 0.4) is 0 Å². The van der Waals surface area contributed by atoms with E-state index in [0.29, 0.717) is 5.92 Å². The van der Waals surface area contributed by atoms with Crippen LogP contribution < -0.4 is 0 Å². The molecular formula is C21H22Cl2N2. The van der Waals surface area contributed by atoms with E-state index in [9.17, 15) is 0 Å². The quantitative estimate of drug-likeness (QED) is 0.537. The molecule has 3 aromatic rings. The summed E-state index contributed by atoms with van der Waals surface area (Å²) in [6.07, 6.45) is 7.27. The normalized spacial score (nSPS) is 20.9. The number of nitrogens with one attached hydrogen (secondary N) is 1. The number of rotatable bonds is 4. The average molecular weight is 373 g/mol. The Balaban J connectivity index is 1.42. The zero-order valence-electron chi connectivity index (χ0n) is 14.1. The van der Waals surface area contributed by atoms with Crippen molar-refractivity contribution in [3.05, 3.63) is 63.9 Å². The first-order valence-electron chi connectivity index (χ1n) is 9.07. The Bertz CT molecular complexity index is 818. The Morgan fingerprint density at radius 1 is 1.04 bits per heavy atom. The highest BCUT2D eigenvalue weighted by atomic mass is 35.5. The number of fused-ring (bicyclic) bond motifs is 1. The van der Waals surface area contributed by atoms with Gasteiger partial charge in [0.15, 0.2) is 0 Å². The molecule has 2 atom stereocenters. The Kier molecular flexibility index (Phi) is 5.00. The largest absolute Gasteiger partial charge is 0.342 e. The summed E-state index contributed by atoms with van der Waals surface area (Å²) < 4.78 is 0. The van der Waals surface area contributed by atoms with Gasteiger partial charge in [-0.1, -0.05) is 48.2 Å². The maximum atomic E-state index is 6.12. The highest BCUT2D eigenvalue weighted by Crippen LogP contribution is 2.37. The van der Waals surface area contributed by atoms with E-state index >= 15 is 0 Å². The fourth-order valence-corrected chi connectivity index (χ4v) is 4.66. The van der Waals surface area contributed by atoms with Crippen LogP contribution in [-0.4, -0.2) is 9.97 Å². The second-order valence-corrected chi connectivity index (χ2v) is 8.06. The van der Waals surface area contributed by atoms with Gasteiger partial charge in [-0.2, -0.15) is 0 Å². The van der Waals surface area contributed by atoms with E-state index in [4.69, 9.17) is 28.2 Å². The molecule has 25 heavy (non-hydrogen) atoms. The van der Waals surface area contributed by atoms with Crippen LogP contribution in [0.25, 0.3) is 11.0 Å². The van der Waals surface area contributed by atoms with Crippen molar-refractivity contribution < 1.29 is 0 Å². The molecule has 4 rings (SSSR count). The Hall–Kier alpha value is -1.51. The summed E-state index contributed by atoms with van der Waals surface area (Å²) in [5.41, 5.74) is 3.46. The molecule has 1 heterocycles. The molecule has 1 saturated carbocycles. The Morgan fingerprint density at radius 2 is 1.84 bits per heavy atom. The molecule has 1 aliphatic rings. The van der Waals surface area contributed by atoms with Crippen molar-refractivity contribution in [2.45, 2.75) is 44.4 Å². The van der Waals surface area contributed by atoms with Gasteiger partial charge in [-0.15, -0.1) is 0 Å². The van der Waals surface area contributed by atoms with Crippen molar-refractivity contribution in [2.24, 2.45) is 5.92 Å². The van der Waals surface area contributed by atoms with E-state index in [-0.39, 0.29) is 0 Å². The SMILES string of the molecule is Clc1cc(Cl)cc(CCC2CCCC(c3nc4ccccc4[nH]3)C2)c1. The molecule has 1 fully saturated rings. The summed E-state index contributed by atoms with van der Waals surface area (Å²) in [5.74, 6) is 2.45. The molecule has 0 aliphatic heterocycles. The fourth-order valence-electron chi connectivity index (χ4n) is 4.09. The highest BCUT2D eigenvalue weighted by Gasteiger charge is 2.25. The smallest absolute Gasteiger partial charge is 0.110 e. The number of aromatic nitrogens is 2. The monoisotopic (exact) mass is 372 g/mol. The molecular weight excluding hydrogens is 351 g/mol. The van der Waals surface area contributed by atoms with Crippen molar-refractivity contribution in [2.75, 3.05) is 0 Å². The number of para-hydroxylation sites is 2.